The van der Waals surface area contributed by atoms with Crippen LogP contribution < -0.4 is 0 Å². The van der Waals surface area contributed by atoms with E-state index >= 15 is 0 Å². The monoisotopic (exact) mass is 167 g/mol. The molecule has 1 saturated carbocycles. The highest BCUT2D eigenvalue weighted by Gasteiger charge is 2.30. The summed E-state index contributed by atoms with van der Waals surface area (Å²) in [5.74, 6) is 0.772. The van der Waals surface area contributed by atoms with Gasteiger partial charge in [-0.1, -0.05) is 38.2 Å². The van der Waals surface area contributed by atoms with Gasteiger partial charge in [0.15, 0.2) is 0 Å². The molecule has 0 spiro atoms. The zero-order chi connectivity index (χ0) is 9.03. The van der Waals surface area contributed by atoms with Crippen LogP contribution in [0.15, 0.2) is 5.11 Å². The van der Waals surface area contributed by atoms with E-state index in [9.17, 15) is 0 Å². The van der Waals surface area contributed by atoms with Crippen molar-refractivity contribution >= 4 is 0 Å². The molecular formula is C9H17N3. The van der Waals surface area contributed by atoms with Crippen LogP contribution >= 0.6 is 0 Å². The van der Waals surface area contributed by atoms with E-state index < -0.39 is 0 Å². The number of hydrogen-bond acceptors (Lipinski definition) is 1. The van der Waals surface area contributed by atoms with Gasteiger partial charge in [-0.25, -0.2) is 0 Å². The maximum absolute atomic E-state index is 8.40. The Labute approximate surface area is 73.8 Å². The zero-order valence-corrected chi connectivity index (χ0v) is 7.95. The van der Waals surface area contributed by atoms with Gasteiger partial charge in [0, 0.05) is 10.5 Å². The molecule has 1 rings (SSSR count). The highest BCUT2D eigenvalue weighted by atomic mass is 15.2. The third kappa shape index (κ3) is 2.15. The minimum absolute atomic E-state index is 0.0896. The van der Waals surface area contributed by atoms with E-state index in [4.69, 9.17) is 5.53 Å². The SMILES string of the molecule is CC[C@@H]1CCC[C@](C)(N=[N+]=[N-])C1. The molecule has 12 heavy (non-hydrogen) atoms. The third-order valence-corrected chi connectivity index (χ3v) is 2.92. The Morgan fingerprint density at radius 1 is 1.67 bits per heavy atom. The van der Waals surface area contributed by atoms with Crippen LogP contribution in [0.2, 0.25) is 0 Å². The predicted octanol–water partition coefficient (Wildman–Crippen LogP) is 3.66. The predicted molar refractivity (Wildman–Crippen MR) is 49.8 cm³/mol. The molecule has 0 radical (unpaired) electrons. The van der Waals surface area contributed by atoms with E-state index in [1.807, 2.05) is 0 Å². The van der Waals surface area contributed by atoms with Gasteiger partial charge in [-0.2, -0.15) is 0 Å². The molecule has 1 fully saturated rings. The van der Waals surface area contributed by atoms with Gasteiger partial charge in [0.05, 0.1) is 0 Å². The Bertz CT molecular complexity index is 196. The fraction of sp³-hybridized carbons (Fsp3) is 1.00. The Balaban J connectivity index is 2.60. The molecule has 1 aliphatic carbocycles. The van der Waals surface area contributed by atoms with Crippen molar-refractivity contribution in [2.45, 2.75) is 51.5 Å². The normalized spacial score (nSPS) is 35.7. The summed E-state index contributed by atoms with van der Waals surface area (Å²) in [4.78, 5) is 2.92. The van der Waals surface area contributed by atoms with Crippen molar-refractivity contribution in [3.05, 3.63) is 10.4 Å². The van der Waals surface area contributed by atoms with Crippen molar-refractivity contribution < 1.29 is 0 Å². The van der Waals surface area contributed by atoms with Crippen LogP contribution in [0.4, 0.5) is 0 Å². The van der Waals surface area contributed by atoms with E-state index in [0.29, 0.717) is 0 Å². The lowest BCUT2D eigenvalue weighted by molar-refractivity contribution is 0.237. The topological polar surface area (TPSA) is 48.8 Å². The molecule has 68 valence electrons. The molecule has 0 saturated heterocycles. The van der Waals surface area contributed by atoms with Gasteiger partial charge in [0.1, 0.15) is 0 Å². The average Bonchev–Trinajstić information content (AvgIpc) is 2.04. The lowest BCUT2D eigenvalue weighted by Crippen LogP contribution is -2.29. The van der Waals surface area contributed by atoms with Gasteiger partial charge in [0.2, 0.25) is 0 Å². The molecular weight excluding hydrogens is 150 g/mol. The minimum Gasteiger partial charge on any atom is -0.0875 e. The van der Waals surface area contributed by atoms with Crippen LogP contribution in [0.3, 0.4) is 0 Å². The third-order valence-electron chi connectivity index (χ3n) is 2.92. The smallest absolute Gasteiger partial charge is 0.0462 e. The largest absolute Gasteiger partial charge is 0.0875 e. The number of hydrogen-bond donors (Lipinski definition) is 0. The van der Waals surface area contributed by atoms with Crippen molar-refractivity contribution in [1.82, 2.24) is 0 Å². The van der Waals surface area contributed by atoms with E-state index in [-0.39, 0.29) is 5.54 Å². The van der Waals surface area contributed by atoms with Crippen LogP contribution in [-0.2, 0) is 0 Å². The molecule has 3 nitrogen and oxygen atoms in total. The Morgan fingerprint density at radius 3 is 3.00 bits per heavy atom. The van der Waals surface area contributed by atoms with Gasteiger partial charge >= 0.3 is 0 Å². The molecule has 0 bridgehead atoms. The van der Waals surface area contributed by atoms with E-state index in [1.54, 1.807) is 0 Å². The first kappa shape index (κ1) is 9.40. The highest BCUT2D eigenvalue weighted by Crippen LogP contribution is 2.36. The standard InChI is InChI=1S/C9H17N3/c1-3-8-5-4-6-9(2,7-8)11-12-10/h8H,3-7H2,1-2H3/t8-,9+/m1/s1. The molecule has 0 aliphatic heterocycles. The summed E-state index contributed by atoms with van der Waals surface area (Å²) in [5, 5.41) is 3.89. The first-order valence-electron chi connectivity index (χ1n) is 4.76. The lowest BCUT2D eigenvalue weighted by Gasteiger charge is -2.33. The van der Waals surface area contributed by atoms with Crippen molar-refractivity contribution in [3.8, 4) is 0 Å². The Kier molecular flexibility index (Phi) is 2.99. The summed E-state index contributed by atoms with van der Waals surface area (Å²) in [6, 6.07) is 0. The van der Waals surface area contributed by atoms with Crippen molar-refractivity contribution in [2.75, 3.05) is 0 Å². The second-order valence-corrected chi connectivity index (χ2v) is 4.06. The maximum Gasteiger partial charge on any atom is 0.0462 e. The fourth-order valence-corrected chi connectivity index (χ4v) is 2.14. The molecule has 0 heterocycles. The van der Waals surface area contributed by atoms with Gasteiger partial charge < -0.3 is 0 Å². The van der Waals surface area contributed by atoms with Gasteiger partial charge in [-0.15, -0.1) is 0 Å². The molecule has 0 N–H and O–H groups in total. The van der Waals surface area contributed by atoms with Crippen molar-refractivity contribution in [1.29, 1.82) is 0 Å². The van der Waals surface area contributed by atoms with Crippen LogP contribution in [0.1, 0.15) is 46.0 Å². The van der Waals surface area contributed by atoms with Crippen molar-refractivity contribution in [2.24, 2.45) is 11.0 Å². The van der Waals surface area contributed by atoms with Crippen LogP contribution in [0.5, 0.6) is 0 Å². The first-order valence-corrected chi connectivity index (χ1v) is 4.76. The summed E-state index contributed by atoms with van der Waals surface area (Å²) in [6.07, 6.45) is 5.89. The van der Waals surface area contributed by atoms with E-state index in [0.717, 1.165) is 18.8 Å². The zero-order valence-electron chi connectivity index (χ0n) is 7.95. The molecule has 0 aromatic rings. The van der Waals surface area contributed by atoms with E-state index in [1.165, 1.54) is 19.3 Å². The van der Waals surface area contributed by atoms with Crippen molar-refractivity contribution in [3.63, 3.8) is 0 Å². The molecule has 0 amide bonds. The van der Waals surface area contributed by atoms with Gasteiger partial charge in [-0.05, 0) is 24.3 Å². The minimum atomic E-state index is -0.0896. The molecule has 0 aromatic heterocycles. The van der Waals surface area contributed by atoms with E-state index in [2.05, 4.69) is 23.9 Å². The molecule has 0 unspecified atom stereocenters. The Hall–Kier alpha value is -0.690. The highest BCUT2D eigenvalue weighted by molar-refractivity contribution is 4.89. The van der Waals surface area contributed by atoms with Crippen LogP contribution in [-0.4, -0.2) is 5.54 Å². The Morgan fingerprint density at radius 2 is 2.42 bits per heavy atom. The number of azide groups is 1. The summed E-state index contributed by atoms with van der Waals surface area (Å²) < 4.78 is 0. The number of nitrogens with zero attached hydrogens (tertiary/aromatic N) is 3. The summed E-state index contributed by atoms with van der Waals surface area (Å²) in [7, 11) is 0. The second kappa shape index (κ2) is 3.81. The quantitative estimate of drug-likeness (QED) is 0.342. The first-order chi connectivity index (χ1) is 5.70. The lowest BCUT2D eigenvalue weighted by atomic mass is 9.76. The van der Waals surface area contributed by atoms with Crippen LogP contribution in [0.25, 0.3) is 10.4 Å². The van der Waals surface area contributed by atoms with Gasteiger partial charge in [0.25, 0.3) is 0 Å². The number of rotatable bonds is 2. The summed E-state index contributed by atoms with van der Waals surface area (Å²) in [5.41, 5.74) is 8.31. The molecule has 1 aliphatic rings. The van der Waals surface area contributed by atoms with Gasteiger partial charge in [-0.3, -0.25) is 0 Å². The average molecular weight is 167 g/mol. The fourth-order valence-electron chi connectivity index (χ4n) is 2.14. The molecule has 0 aromatic carbocycles. The second-order valence-electron chi connectivity index (χ2n) is 4.06. The van der Waals surface area contributed by atoms with Crippen LogP contribution in [0, 0.1) is 5.92 Å². The summed E-state index contributed by atoms with van der Waals surface area (Å²) in [6.45, 7) is 4.29. The molecule has 2 atom stereocenters. The summed E-state index contributed by atoms with van der Waals surface area (Å²) >= 11 is 0. The maximum atomic E-state index is 8.40. The molecule has 3 heteroatoms.